The fraction of sp³-hybridized carbons (Fsp3) is 0.700. The van der Waals surface area contributed by atoms with Gasteiger partial charge >= 0.3 is 16.4 Å². The van der Waals surface area contributed by atoms with Crippen LogP contribution in [0.4, 0.5) is 0 Å². The molecule has 0 fully saturated rings. The highest BCUT2D eigenvalue weighted by Gasteiger charge is 2.38. The van der Waals surface area contributed by atoms with Crippen LogP contribution in [-0.2, 0) is 28.9 Å². The van der Waals surface area contributed by atoms with Gasteiger partial charge in [0.1, 0.15) is 6.10 Å². The molecule has 1 amide bonds. The summed E-state index contributed by atoms with van der Waals surface area (Å²) in [7, 11) is -3.90. The number of nitrogens with one attached hydrogen (secondary N) is 1. The summed E-state index contributed by atoms with van der Waals surface area (Å²) in [5.74, 6) is -3.84. The van der Waals surface area contributed by atoms with E-state index in [1.807, 2.05) is 5.43 Å². The van der Waals surface area contributed by atoms with Crippen LogP contribution < -0.4 is 5.43 Å². The standard InChI is InChI=1S/C10H18N2O10S/c1-5(13)12-11-3-7(22-23(18,19)20)8(14)6(4-21-2)9(15)10(16)17/h3,6-9,14-15H,4H2,1-2H3,(H,12,13)(H,16,17)(H,18,19,20)/t6-,7?,8+,9?/m0/s1. The molecule has 23 heavy (non-hydrogen) atoms. The van der Waals surface area contributed by atoms with Gasteiger partial charge in [0.2, 0.25) is 5.91 Å². The van der Waals surface area contributed by atoms with E-state index in [0.29, 0.717) is 6.21 Å². The monoisotopic (exact) mass is 358 g/mol. The van der Waals surface area contributed by atoms with Crippen LogP contribution >= 0.6 is 0 Å². The Bertz CT molecular complexity index is 534. The minimum Gasteiger partial charge on any atom is -0.479 e. The van der Waals surface area contributed by atoms with Crippen molar-refractivity contribution in [1.82, 2.24) is 5.43 Å². The topological polar surface area (TPSA) is 192 Å². The Kier molecular flexibility index (Phi) is 8.81. The summed E-state index contributed by atoms with van der Waals surface area (Å²) in [6, 6.07) is 0. The van der Waals surface area contributed by atoms with E-state index in [0.717, 1.165) is 14.0 Å². The molecular formula is C10H18N2O10S. The van der Waals surface area contributed by atoms with Gasteiger partial charge in [-0.15, -0.1) is 0 Å². The quantitative estimate of drug-likeness (QED) is 0.157. The third-order valence-electron chi connectivity index (χ3n) is 2.47. The van der Waals surface area contributed by atoms with E-state index >= 15 is 0 Å². The van der Waals surface area contributed by atoms with Crippen molar-refractivity contribution >= 4 is 28.5 Å². The molecular weight excluding hydrogens is 340 g/mol. The van der Waals surface area contributed by atoms with E-state index in [9.17, 15) is 28.2 Å². The van der Waals surface area contributed by atoms with Crippen LogP contribution in [0.25, 0.3) is 0 Å². The van der Waals surface area contributed by atoms with Crippen molar-refractivity contribution in [3.63, 3.8) is 0 Å². The molecule has 0 aliphatic rings. The van der Waals surface area contributed by atoms with Crippen LogP contribution in [-0.4, -0.2) is 78.4 Å². The fourth-order valence-corrected chi connectivity index (χ4v) is 1.95. The number of carbonyl (C=O) groups is 2. The maximum absolute atomic E-state index is 10.8. The normalized spacial score (nSPS) is 17.4. The molecule has 13 heteroatoms. The van der Waals surface area contributed by atoms with Crippen molar-refractivity contribution in [2.45, 2.75) is 25.2 Å². The number of hydrogen-bond donors (Lipinski definition) is 5. The van der Waals surface area contributed by atoms with Crippen LogP contribution in [0.15, 0.2) is 5.10 Å². The van der Waals surface area contributed by atoms with Gasteiger partial charge in [-0.25, -0.2) is 14.4 Å². The zero-order valence-electron chi connectivity index (χ0n) is 12.2. The molecule has 0 aliphatic carbocycles. The van der Waals surface area contributed by atoms with Gasteiger partial charge < -0.3 is 20.1 Å². The Hall–Kier alpha value is -1.64. The zero-order valence-corrected chi connectivity index (χ0v) is 13.0. The molecule has 5 N–H and O–H groups in total. The molecule has 0 saturated carbocycles. The van der Waals surface area contributed by atoms with E-state index in [2.05, 4.69) is 14.0 Å². The molecule has 0 aliphatic heterocycles. The van der Waals surface area contributed by atoms with Crippen molar-refractivity contribution in [3.8, 4) is 0 Å². The van der Waals surface area contributed by atoms with Crippen molar-refractivity contribution in [2.24, 2.45) is 11.0 Å². The van der Waals surface area contributed by atoms with Gasteiger partial charge in [-0.2, -0.15) is 13.5 Å². The van der Waals surface area contributed by atoms with Crippen molar-refractivity contribution in [3.05, 3.63) is 0 Å². The maximum atomic E-state index is 10.8. The molecule has 0 saturated heterocycles. The van der Waals surface area contributed by atoms with Gasteiger partial charge in [-0.1, -0.05) is 0 Å². The van der Waals surface area contributed by atoms with Gasteiger partial charge in [0.25, 0.3) is 0 Å². The predicted molar refractivity (Wildman–Crippen MR) is 73.7 cm³/mol. The first-order valence-electron chi connectivity index (χ1n) is 6.03. The molecule has 0 aromatic carbocycles. The van der Waals surface area contributed by atoms with Crippen LogP contribution in [0, 0.1) is 5.92 Å². The van der Waals surface area contributed by atoms with E-state index in [1.165, 1.54) is 0 Å². The van der Waals surface area contributed by atoms with Crippen LogP contribution in [0.5, 0.6) is 0 Å². The molecule has 0 aromatic heterocycles. The lowest BCUT2D eigenvalue weighted by Gasteiger charge is -2.27. The first kappa shape index (κ1) is 21.4. The highest BCUT2D eigenvalue weighted by Crippen LogP contribution is 2.17. The van der Waals surface area contributed by atoms with E-state index in [4.69, 9.17) is 9.66 Å². The predicted octanol–water partition coefficient (Wildman–Crippen LogP) is -2.63. The molecule has 0 radical (unpaired) electrons. The fourth-order valence-electron chi connectivity index (χ4n) is 1.51. The number of methoxy groups -OCH3 is 1. The zero-order chi connectivity index (χ0) is 18.2. The first-order valence-corrected chi connectivity index (χ1v) is 7.39. The van der Waals surface area contributed by atoms with Gasteiger partial charge in [0, 0.05) is 20.0 Å². The molecule has 0 heterocycles. The second-order valence-electron chi connectivity index (χ2n) is 4.33. The number of nitrogens with zero attached hydrogens (tertiary/aromatic N) is 1. The summed E-state index contributed by atoms with van der Waals surface area (Å²) in [6.07, 6.45) is -5.37. The Morgan fingerprint density at radius 2 is 1.91 bits per heavy atom. The minimum absolute atomic E-state index is 0.478. The van der Waals surface area contributed by atoms with Crippen LogP contribution in [0.3, 0.4) is 0 Å². The number of carbonyl (C=O) groups excluding carboxylic acids is 1. The highest BCUT2D eigenvalue weighted by atomic mass is 32.3. The number of carboxylic acids is 1. The van der Waals surface area contributed by atoms with Crippen molar-refractivity contribution < 1.29 is 46.8 Å². The molecule has 4 atom stereocenters. The highest BCUT2D eigenvalue weighted by molar-refractivity contribution is 7.80. The Morgan fingerprint density at radius 3 is 2.30 bits per heavy atom. The summed E-state index contributed by atoms with van der Waals surface area (Å²) in [5.41, 5.74) is 1.89. The SMILES string of the molecule is COC[C@H](C(O)C(=O)O)[C@@H](O)C(C=NNC(C)=O)OS(=O)(=O)O. The summed E-state index contributed by atoms with van der Waals surface area (Å²) in [5, 5.41) is 31.6. The third kappa shape index (κ3) is 8.53. The van der Waals surface area contributed by atoms with E-state index < -0.39 is 53.1 Å². The first-order chi connectivity index (χ1) is 10.5. The molecule has 2 unspecified atom stereocenters. The lowest BCUT2D eigenvalue weighted by Crippen LogP contribution is -2.47. The summed E-state index contributed by atoms with van der Waals surface area (Å²) in [6.45, 7) is 0.613. The lowest BCUT2D eigenvalue weighted by atomic mass is 9.93. The number of aliphatic carboxylic acids is 1. The number of amides is 1. The van der Waals surface area contributed by atoms with Crippen LogP contribution in [0.1, 0.15) is 6.92 Å². The smallest absolute Gasteiger partial charge is 0.398 e. The number of aliphatic hydroxyl groups excluding tert-OH is 2. The number of hydrazone groups is 1. The Morgan fingerprint density at radius 1 is 1.35 bits per heavy atom. The van der Waals surface area contributed by atoms with Gasteiger partial charge in [0.15, 0.2) is 6.10 Å². The molecule has 0 rings (SSSR count). The average molecular weight is 358 g/mol. The molecule has 12 nitrogen and oxygen atoms in total. The van der Waals surface area contributed by atoms with Crippen molar-refractivity contribution in [1.29, 1.82) is 0 Å². The number of rotatable bonds is 10. The second kappa shape index (κ2) is 9.49. The maximum Gasteiger partial charge on any atom is 0.398 e. The number of ether oxygens (including phenoxy) is 1. The Labute approximate surface area is 131 Å². The molecule has 134 valence electrons. The summed E-state index contributed by atoms with van der Waals surface area (Å²) < 4.78 is 39.1. The van der Waals surface area contributed by atoms with E-state index in [-0.39, 0.29) is 0 Å². The lowest BCUT2D eigenvalue weighted by molar-refractivity contribution is -0.156. The Balaban J connectivity index is 5.41. The number of aliphatic hydroxyl groups is 2. The second-order valence-corrected chi connectivity index (χ2v) is 5.38. The van der Waals surface area contributed by atoms with Crippen LogP contribution in [0.2, 0.25) is 0 Å². The summed E-state index contributed by atoms with van der Waals surface area (Å²) >= 11 is 0. The van der Waals surface area contributed by atoms with E-state index in [1.54, 1.807) is 0 Å². The molecule has 0 bridgehead atoms. The number of hydrogen-bond acceptors (Lipinski definition) is 9. The third-order valence-corrected chi connectivity index (χ3v) is 2.93. The minimum atomic E-state index is -5.05. The largest absolute Gasteiger partial charge is 0.479 e. The van der Waals surface area contributed by atoms with Gasteiger partial charge in [-0.3, -0.25) is 9.35 Å². The molecule has 0 spiro atoms. The summed E-state index contributed by atoms with van der Waals surface area (Å²) in [4.78, 5) is 21.5. The average Bonchev–Trinajstić information content (AvgIpc) is 2.40. The van der Waals surface area contributed by atoms with Gasteiger partial charge in [-0.05, 0) is 0 Å². The molecule has 0 aromatic rings. The van der Waals surface area contributed by atoms with Crippen molar-refractivity contribution in [2.75, 3.05) is 13.7 Å². The van der Waals surface area contributed by atoms with Gasteiger partial charge in [0.05, 0.1) is 18.9 Å². The number of carboxylic acid groups (broad SMARTS) is 1.